The third-order valence-electron chi connectivity index (χ3n) is 1.10. The molecule has 0 fully saturated rings. The SMILES string of the molecule is CNC(=O)O.CS(=O)(=O)O.Oc1ccccc1O. The molecule has 0 radical (unpaired) electrons. The fourth-order valence-corrected chi connectivity index (χ4v) is 0.464. The zero-order chi connectivity index (χ0) is 14.8. The van der Waals surface area contributed by atoms with E-state index in [0.29, 0.717) is 6.26 Å². The van der Waals surface area contributed by atoms with Gasteiger partial charge >= 0.3 is 6.09 Å². The van der Waals surface area contributed by atoms with Gasteiger partial charge in [-0.15, -0.1) is 0 Å². The lowest BCUT2D eigenvalue weighted by Gasteiger charge is -1.91. The lowest BCUT2D eigenvalue weighted by molar-refractivity contribution is 0.197. The van der Waals surface area contributed by atoms with Gasteiger partial charge in [0.2, 0.25) is 0 Å². The zero-order valence-electron chi connectivity index (χ0n) is 9.73. The van der Waals surface area contributed by atoms with Crippen LogP contribution in [0.2, 0.25) is 0 Å². The summed E-state index contributed by atoms with van der Waals surface area (Å²) in [5, 5.41) is 26.9. The Morgan fingerprint density at radius 3 is 1.50 bits per heavy atom. The molecule has 0 heterocycles. The first-order chi connectivity index (χ1) is 8.07. The van der Waals surface area contributed by atoms with Crippen LogP contribution < -0.4 is 5.32 Å². The molecule has 104 valence electrons. The van der Waals surface area contributed by atoms with E-state index in [-0.39, 0.29) is 11.5 Å². The third-order valence-corrected chi connectivity index (χ3v) is 1.10. The number of benzene rings is 1. The second-order valence-electron chi connectivity index (χ2n) is 2.78. The molecule has 5 N–H and O–H groups in total. The Kier molecular flexibility index (Phi) is 9.26. The molecule has 0 unspecified atom stereocenters. The molecule has 9 heteroatoms. The number of phenolic OH excluding ortho intramolecular Hbond substituents is 2. The van der Waals surface area contributed by atoms with E-state index in [2.05, 4.69) is 0 Å². The first-order valence-electron chi connectivity index (χ1n) is 4.38. The molecule has 0 saturated heterocycles. The largest absolute Gasteiger partial charge is 0.504 e. The van der Waals surface area contributed by atoms with Gasteiger partial charge in [-0.3, -0.25) is 4.55 Å². The Hall–Kier alpha value is -2.00. The fraction of sp³-hybridized carbons (Fsp3) is 0.222. The smallest absolute Gasteiger partial charge is 0.404 e. The molecule has 1 amide bonds. The number of carbonyl (C=O) groups is 1. The van der Waals surface area contributed by atoms with E-state index in [1.165, 1.54) is 19.2 Å². The Morgan fingerprint density at radius 1 is 1.17 bits per heavy atom. The van der Waals surface area contributed by atoms with Crippen molar-refractivity contribution in [1.29, 1.82) is 0 Å². The third kappa shape index (κ3) is 19.6. The number of hydrogen-bond acceptors (Lipinski definition) is 5. The number of nitrogens with one attached hydrogen (secondary N) is 1. The van der Waals surface area contributed by atoms with Crippen LogP contribution in [0.5, 0.6) is 11.5 Å². The topological polar surface area (TPSA) is 144 Å². The van der Waals surface area contributed by atoms with Gasteiger partial charge in [0, 0.05) is 7.05 Å². The summed E-state index contributed by atoms with van der Waals surface area (Å²) in [6.07, 6.45) is -0.280. The molecule has 8 nitrogen and oxygen atoms in total. The van der Waals surface area contributed by atoms with Gasteiger partial charge in [0.15, 0.2) is 11.5 Å². The summed E-state index contributed by atoms with van der Waals surface area (Å²) in [6, 6.07) is 6.15. The van der Waals surface area contributed by atoms with Gasteiger partial charge in [-0.05, 0) is 12.1 Å². The van der Waals surface area contributed by atoms with E-state index in [0.717, 1.165) is 0 Å². The quantitative estimate of drug-likeness (QED) is 0.343. The van der Waals surface area contributed by atoms with E-state index in [1.54, 1.807) is 12.1 Å². The van der Waals surface area contributed by atoms with Gasteiger partial charge in [0.25, 0.3) is 10.1 Å². The van der Waals surface area contributed by atoms with Crippen LogP contribution in [-0.2, 0) is 10.1 Å². The molecule has 0 aromatic heterocycles. The maximum atomic E-state index is 9.26. The standard InChI is InChI=1S/C6H6O2.C2H5NO2.CH4O3S/c7-5-3-1-2-4-6(5)8;1-3-2(4)5;1-5(2,3)4/h1-4,7-8H;3H,1H3,(H,4,5);1H3,(H,2,3,4). The molecule has 1 aromatic carbocycles. The molecule has 0 aliphatic rings. The number of aromatic hydroxyl groups is 2. The highest BCUT2D eigenvalue weighted by Gasteiger charge is 1.90. The molecular formula is C9H15NO7S. The first-order valence-corrected chi connectivity index (χ1v) is 6.22. The van der Waals surface area contributed by atoms with Crippen LogP contribution in [-0.4, -0.2) is 47.7 Å². The summed E-state index contributed by atoms with van der Waals surface area (Å²) in [5.41, 5.74) is 0. The lowest BCUT2D eigenvalue weighted by atomic mass is 10.3. The Morgan fingerprint density at radius 2 is 1.39 bits per heavy atom. The van der Waals surface area contributed by atoms with Crippen molar-refractivity contribution in [1.82, 2.24) is 5.32 Å². The summed E-state index contributed by atoms with van der Waals surface area (Å²) >= 11 is 0. The first kappa shape index (κ1) is 18.4. The maximum Gasteiger partial charge on any atom is 0.404 e. The highest BCUT2D eigenvalue weighted by Crippen LogP contribution is 2.21. The van der Waals surface area contributed by atoms with Gasteiger partial charge in [-0.25, -0.2) is 4.79 Å². The second kappa shape index (κ2) is 9.07. The van der Waals surface area contributed by atoms with Crippen molar-refractivity contribution in [2.45, 2.75) is 0 Å². The van der Waals surface area contributed by atoms with Crippen LogP contribution >= 0.6 is 0 Å². The minimum atomic E-state index is -3.67. The Bertz CT molecular complexity index is 429. The van der Waals surface area contributed by atoms with Gasteiger partial charge < -0.3 is 20.6 Å². The second-order valence-corrected chi connectivity index (χ2v) is 4.24. The van der Waals surface area contributed by atoms with Gasteiger partial charge in [-0.2, -0.15) is 8.42 Å². The van der Waals surface area contributed by atoms with E-state index >= 15 is 0 Å². The predicted molar refractivity (Wildman–Crippen MR) is 64.3 cm³/mol. The molecule has 18 heavy (non-hydrogen) atoms. The normalized spacial score (nSPS) is 9.06. The van der Waals surface area contributed by atoms with Crippen LogP contribution in [0.15, 0.2) is 24.3 Å². The van der Waals surface area contributed by atoms with Crippen molar-refractivity contribution in [3.05, 3.63) is 24.3 Å². The van der Waals surface area contributed by atoms with Crippen molar-refractivity contribution in [3.63, 3.8) is 0 Å². The Labute approximate surface area is 104 Å². The molecular weight excluding hydrogens is 266 g/mol. The minimum absolute atomic E-state index is 0.0764. The van der Waals surface area contributed by atoms with Crippen LogP contribution in [0, 0.1) is 0 Å². The van der Waals surface area contributed by atoms with Crippen molar-refractivity contribution < 1.29 is 33.1 Å². The molecule has 0 bridgehead atoms. The monoisotopic (exact) mass is 281 g/mol. The number of amides is 1. The van der Waals surface area contributed by atoms with Crippen molar-refractivity contribution in [2.75, 3.05) is 13.3 Å². The van der Waals surface area contributed by atoms with Crippen LogP contribution in [0.4, 0.5) is 4.79 Å². The number of para-hydroxylation sites is 2. The minimum Gasteiger partial charge on any atom is -0.504 e. The van der Waals surface area contributed by atoms with E-state index < -0.39 is 16.2 Å². The van der Waals surface area contributed by atoms with Gasteiger partial charge in [0.1, 0.15) is 0 Å². The molecule has 1 rings (SSSR count). The van der Waals surface area contributed by atoms with E-state index in [4.69, 9.17) is 19.9 Å². The lowest BCUT2D eigenvalue weighted by Crippen LogP contribution is -2.13. The maximum absolute atomic E-state index is 9.26. The zero-order valence-corrected chi connectivity index (χ0v) is 10.5. The van der Waals surface area contributed by atoms with Crippen molar-refractivity contribution >= 4 is 16.2 Å². The highest BCUT2D eigenvalue weighted by molar-refractivity contribution is 7.85. The predicted octanol–water partition coefficient (Wildman–Crippen LogP) is 0.486. The highest BCUT2D eigenvalue weighted by atomic mass is 32.2. The van der Waals surface area contributed by atoms with Crippen LogP contribution in [0.25, 0.3) is 0 Å². The molecule has 0 saturated carbocycles. The fourth-order valence-electron chi connectivity index (χ4n) is 0.464. The molecule has 0 spiro atoms. The van der Waals surface area contributed by atoms with E-state index in [9.17, 15) is 13.2 Å². The summed E-state index contributed by atoms with van der Waals surface area (Å²) in [6.45, 7) is 0. The number of carboxylic acid groups (broad SMARTS) is 1. The van der Waals surface area contributed by atoms with Gasteiger partial charge in [-0.1, -0.05) is 12.1 Å². The molecule has 1 aromatic rings. The summed E-state index contributed by atoms with van der Waals surface area (Å²) in [5.74, 6) is -0.153. The molecule has 0 aliphatic carbocycles. The molecule has 0 aliphatic heterocycles. The van der Waals surface area contributed by atoms with Gasteiger partial charge in [0.05, 0.1) is 6.26 Å². The number of rotatable bonds is 0. The van der Waals surface area contributed by atoms with Crippen molar-refractivity contribution in [3.8, 4) is 11.5 Å². The average Bonchev–Trinajstić information content (AvgIpc) is 2.21. The Balaban J connectivity index is 0. The molecule has 0 atom stereocenters. The van der Waals surface area contributed by atoms with Crippen LogP contribution in [0.1, 0.15) is 0 Å². The summed E-state index contributed by atoms with van der Waals surface area (Å²) < 4.78 is 25.9. The number of phenols is 2. The summed E-state index contributed by atoms with van der Waals surface area (Å²) in [4.78, 5) is 9.26. The average molecular weight is 281 g/mol. The summed E-state index contributed by atoms with van der Waals surface area (Å²) in [7, 11) is -2.32. The van der Waals surface area contributed by atoms with Crippen LogP contribution in [0.3, 0.4) is 0 Å². The van der Waals surface area contributed by atoms with Crippen molar-refractivity contribution in [2.24, 2.45) is 0 Å². The van der Waals surface area contributed by atoms with E-state index in [1.807, 2.05) is 5.32 Å². The number of hydrogen-bond donors (Lipinski definition) is 5.